The van der Waals surface area contributed by atoms with Gasteiger partial charge in [0, 0.05) is 27.5 Å². The summed E-state index contributed by atoms with van der Waals surface area (Å²) in [6, 6.07) is 9.56. The Labute approximate surface area is 199 Å². The number of aliphatic hydroxyl groups is 1. The lowest BCUT2D eigenvalue weighted by Crippen LogP contribution is -2.51. The quantitative estimate of drug-likeness (QED) is 0.494. The van der Waals surface area contributed by atoms with Crippen LogP contribution >= 0.6 is 34.8 Å². The normalized spacial score (nSPS) is 20.5. The van der Waals surface area contributed by atoms with E-state index in [1.54, 1.807) is 55.5 Å². The second kappa shape index (κ2) is 8.17. The fraction of sp³-hybridized carbons (Fsp3) is 0.0833. The predicted molar refractivity (Wildman–Crippen MR) is 128 cm³/mol. The SMILES string of the molecule is C=C/C=C\C=C(/C)C1=C(O)C(=O)N(c2cccc(Cl)c2)C12C(=O)Nc1cc(Cl)c(Cl)cc12. The molecule has 2 aliphatic heterocycles. The minimum absolute atomic E-state index is 0.144. The lowest BCUT2D eigenvalue weighted by Gasteiger charge is -2.36. The van der Waals surface area contributed by atoms with Gasteiger partial charge in [0.2, 0.25) is 0 Å². The molecule has 4 rings (SSSR count). The molecule has 2 amide bonds. The maximum absolute atomic E-state index is 13.7. The Morgan fingerprint density at radius 1 is 1.12 bits per heavy atom. The van der Waals surface area contributed by atoms with Crippen LogP contribution < -0.4 is 10.2 Å². The van der Waals surface area contributed by atoms with Crippen molar-refractivity contribution in [2.24, 2.45) is 0 Å². The van der Waals surface area contributed by atoms with Gasteiger partial charge in [0.15, 0.2) is 11.3 Å². The van der Waals surface area contributed by atoms with Gasteiger partial charge in [-0.05, 0) is 42.8 Å². The van der Waals surface area contributed by atoms with Crippen LogP contribution in [0.15, 0.2) is 84.2 Å². The van der Waals surface area contributed by atoms with Crippen molar-refractivity contribution in [2.75, 3.05) is 10.2 Å². The molecule has 2 aromatic carbocycles. The van der Waals surface area contributed by atoms with Gasteiger partial charge in [0.1, 0.15) is 0 Å². The third-order valence-electron chi connectivity index (χ3n) is 5.42. The number of benzene rings is 2. The first-order valence-corrected chi connectivity index (χ1v) is 10.7. The smallest absolute Gasteiger partial charge is 0.295 e. The van der Waals surface area contributed by atoms with E-state index in [4.69, 9.17) is 34.8 Å². The number of amides is 2. The van der Waals surface area contributed by atoms with Crippen molar-refractivity contribution in [2.45, 2.75) is 12.5 Å². The summed E-state index contributed by atoms with van der Waals surface area (Å²) in [5.41, 5.74) is 0.0689. The van der Waals surface area contributed by atoms with Crippen molar-refractivity contribution < 1.29 is 14.7 Å². The monoisotopic (exact) mass is 486 g/mol. The highest BCUT2D eigenvalue weighted by Crippen LogP contribution is 2.55. The van der Waals surface area contributed by atoms with Crippen molar-refractivity contribution in [3.63, 3.8) is 0 Å². The number of carbonyl (C=O) groups excluding carboxylic acids is 2. The van der Waals surface area contributed by atoms with Crippen LogP contribution in [0.4, 0.5) is 11.4 Å². The molecular weight excluding hydrogens is 471 g/mol. The molecule has 0 radical (unpaired) electrons. The van der Waals surface area contributed by atoms with E-state index in [1.807, 2.05) is 0 Å². The van der Waals surface area contributed by atoms with Crippen molar-refractivity contribution >= 4 is 58.0 Å². The lowest BCUT2D eigenvalue weighted by molar-refractivity contribution is -0.123. The van der Waals surface area contributed by atoms with E-state index < -0.39 is 23.1 Å². The zero-order valence-electron chi connectivity index (χ0n) is 16.8. The molecular formula is C24H17Cl3N2O3. The van der Waals surface area contributed by atoms with E-state index in [1.165, 1.54) is 17.0 Å². The summed E-state index contributed by atoms with van der Waals surface area (Å²) in [4.78, 5) is 28.3. The summed E-state index contributed by atoms with van der Waals surface area (Å²) < 4.78 is 0. The average molecular weight is 488 g/mol. The second-order valence-electron chi connectivity index (χ2n) is 7.29. The van der Waals surface area contributed by atoms with E-state index in [-0.39, 0.29) is 15.6 Å². The molecule has 0 saturated carbocycles. The van der Waals surface area contributed by atoms with Crippen molar-refractivity contribution in [1.29, 1.82) is 0 Å². The number of nitrogens with zero attached hydrogens (tertiary/aromatic N) is 1. The molecule has 0 saturated heterocycles. The lowest BCUT2D eigenvalue weighted by atomic mass is 9.80. The van der Waals surface area contributed by atoms with Gasteiger partial charge in [-0.1, -0.05) is 71.8 Å². The van der Waals surface area contributed by atoms with Gasteiger partial charge < -0.3 is 10.4 Å². The number of nitrogens with one attached hydrogen (secondary N) is 1. The first-order chi connectivity index (χ1) is 15.2. The largest absolute Gasteiger partial charge is 0.503 e. The van der Waals surface area contributed by atoms with E-state index in [2.05, 4.69) is 11.9 Å². The molecule has 0 aliphatic carbocycles. The molecule has 2 N–H and O–H groups in total. The van der Waals surface area contributed by atoms with Crippen molar-refractivity contribution in [1.82, 2.24) is 0 Å². The number of allylic oxidation sites excluding steroid dienone is 4. The fourth-order valence-corrected chi connectivity index (χ4v) is 4.68. The third-order valence-corrected chi connectivity index (χ3v) is 6.38. The van der Waals surface area contributed by atoms with Crippen LogP contribution in [0.5, 0.6) is 0 Å². The molecule has 0 aromatic heterocycles. The molecule has 2 aromatic rings. The highest BCUT2D eigenvalue weighted by atomic mass is 35.5. The zero-order chi connectivity index (χ0) is 23.2. The van der Waals surface area contributed by atoms with Crippen molar-refractivity contribution in [3.05, 3.63) is 105 Å². The van der Waals surface area contributed by atoms with Gasteiger partial charge >= 0.3 is 0 Å². The molecule has 1 unspecified atom stereocenters. The minimum Gasteiger partial charge on any atom is -0.503 e. The van der Waals surface area contributed by atoms with Gasteiger partial charge in [-0.2, -0.15) is 0 Å². The Hall–Kier alpha value is -2.99. The van der Waals surface area contributed by atoms with Crippen LogP contribution in [0.3, 0.4) is 0 Å². The first kappa shape index (κ1) is 22.2. The van der Waals surface area contributed by atoms with E-state index in [9.17, 15) is 14.7 Å². The minimum atomic E-state index is -1.71. The Morgan fingerprint density at radius 3 is 2.53 bits per heavy atom. The Balaban J connectivity index is 2.08. The first-order valence-electron chi connectivity index (χ1n) is 9.54. The van der Waals surface area contributed by atoms with E-state index in [0.717, 1.165) is 0 Å². The molecule has 1 atom stereocenters. The molecule has 1 spiro atoms. The number of halogens is 3. The number of hydrogen-bond acceptors (Lipinski definition) is 3. The Bertz CT molecular complexity index is 1280. The van der Waals surface area contributed by atoms with E-state index >= 15 is 0 Å². The van der Waals surface area contributed by atoms with Crippen LogP contribution in [-0.2, 0) is 15.1 Å². The van der Waals surface area contributed by atoms with Gasteiger partial charge in [-0.3, -0.25) is 14.5 Å². The Kier molecular flexibility index (Phi) is 5.67. The number of aliphatic hydroxyl groups excluding tert-OH is 1. The molecule has 8 heteroatoms. The molecule has 0 bridgehead atoms. The van der Waals surface area contributed by atoms with Gasteiger partial charge in [-0.25, -0.2) is 0 Å². The summed E-state index contributed by atoms with van der Waals surface area (Å²) in [6.07, 6.45) is 6.67. The molecule has 162 valence electrons. The highest BCUT2D eigenvalue weighted by molar-refractivity contribution is 6.42. The van der Waals surface area contributed by atoms with Gasteiger partial charge in [0.25, 0.3) is 11.8 Å². The van der Waals surface area contributed by atoms with Gasteiger partial charge in [0.05, 0.1) is 10.0 Å². The maximum Gasteiger partial charge on any atom is 0.295 e. The molecule has 2 aliphatic rings. The fourth-order valence-electron chi connectivity index (χ4n) is 4.16. The second-order valence-corrected chi connectivity index (χ2v) is 8.54. The summed E-state index contributed by atoms with van der Waals surface area (Å²) in [5, 5.41) is 14.6. The summed E-state index contributed by atoms with van der Waals surface area (Å²) >= 11 is 18.7. The van der Waals surface area contributed by atoms with Crippen LogP contribution in [0.25, 0.3) is 0 Å². The van der Waals surface area contributed by atoms with Crippen LogP contribution in [-0.4, -0.2) is 16.9 Å². The summed E-state index contributed by atoms with van der Waals surface area (Å²) in [6.45, 7) is 5.34. The van der Waals surface area contributed by atoms with E-state index in [0.29, 0.717) is 27.5 Å². The maximum atomic E-state index is 13.7. The summed E-state index contributed by atoms with van der Waals surface area (Å²) in [5.74, 6) is -1.81. The van der Waals surface area contributed by atoms with Gasteiger partial charge in [-0.15, -0.1) is 0 Å². The number of fused-ring (bicyclic) bond motifs is 2. The van der Waals surface area contributed by atoms with Crippen molar-refractivity contribution in [3.8, 4) is 0 Å². The number of rotatable bonds is 4. The molecule has 5 nitrogen and oxygen atoms in total. The summed E-state index contributed by atoms with van der Waals surface area (Å²) in [7, 11) is 0. The molecule has 2 heterocycles. The highest BCUT2D eigenvalue weighted by Gasteiger charge is 2.63. The standard InChI is InChI=1S/C24H17Cl3N2O3/c1-3-4-5-7-13(2)20-21(30)22(31)29(15-9-6-8-14(25)10-15)24(20)16-11-17(26)18(27)12-19(16)28-23(24)32/h3-12,30H,1H2,2H3,(H,28,32)/b5-4-,13-7+. The molecule has 0 fully saturated rings. The Morgan fingerprint density at radius 2 is 1.84 bits per heavy atom. The average Bonchev–Trinajstić information content (AvgIpc) is 3.14. The topological polar surface area (TPSA) is 69.6 Å². The zero-order valence-corrected chi connectivity index (χ0v) is 19.1. The van der Waals surface area contributed by atoms with Crippen LogP contribution in [0.1, 0.15) is 12.5 Å². The predicted octanol–water partition coefficient (Wildman–Crippen LogP) is 6.34. The molecule has 32 heavy (non-hydrogen) atoms. The van der Waals surface area contributed by atoms with Crippen LogP contribution in [0.2, 0.25) is 15.1 Å². The third kappa shape index (κ3) is 3.16. The number of hydrogen-bond donors (Lipinski definition) is 2. The van der Waals surface area contributed by atoms with Crippen LogP contribution in [0, 0.1) is 0 Å². The number of anilines is 2. The number of carbonyl (C=O) groups is 2.